The van der Waals surface area contributed by atoms with Crippen LogP contribution in [0.3, 0.4) is 0 Å². The Morgan fingerprint density at radius 1 is 1.02 bits per heavy atom. The highest BCUT2D eigenvalue weighted by Crippen LogP contribution is 2.29. The largest absolute Gasteiger partial charge is 0.480 e. The first-order valence-corrected chi connectivity index (χ1v) is 17.8. The van der Waals surface area contributed by atoms with E-state index in [1.165, 1.54) is 17.8 Å². The number of carboxylic acids is 1. The number of nitrogens with one attached hydrogen (secondary N) is 3. The quantitative estimate of drug-likeness (QED) is 0.151. The van der Waals surface area contributed by atoms with Crippen molar-refractivity contribution in [3.05, 3.63) is 65.6 Å². The topological polar surface area (TPSA) is 159 Å². The van der Waals surface area contributed by atoms with E-state index in [0.717, 1.165) is 24.2 Å². The van der Waals surface area contributed by atoms with Crippen LogP contribution in [0.4, 0.5) is 4.79 Å². The normalized spacial score (nSPS) is 12.7. The van der Waals surface area contributed by atoms with Crippen molar-refractivity contribution in [2.24, 2.45) is 5.92 Å². The average Bonchev–Trinajstić information content (AvgIpc) is 3.38. The molecule has 0 aliphatic carbocycles. The van der Waals surface area contributed by atoms with Crippen LogP contribution in [0.1, 0.15) is 75.3 Å². The molecule has 244 valence electrons. The van der Waals surface area contributed by atoms with Crippen LogP contribution >= 0.6 is 11.8 Å². The lowest BCUT2D eigenvalue weighted by Gasteiger charge is -2.21. The second-order valence-electron chi connectivity index (χ2n) is 10.8. The summed E-state index contributed by atoms with van der Waals surface area (Å²) < 4.78 is 30.1. The summed E-state index contributed by atoms with van der Waals surface area (Å²) in [6.45, 7) is 8.26. The number of hydrogen-bond acceptors (Lipinski definition) is 7. The predicted molar refractivity (Wildman–Crippen MR) is 176 cm³/mol. The third-order valence-electron chi connectivity index (χ3n) is 7.49. The molecule has 0 unspecified atom stereocenters. The van der Waals surface area contributed by atoms with Gasteiger partial charge in [0, 0.05) is 25.1 Å². The summed E-state index contributed by atoms with van der Waals surface area (Å²) in [7, 11) is -4.14. The maximum atomic E-state index is 13.6. The number of carbonyl (C=O) groups excluding carboxylic acids is 2. The third kappa shape index (κ3) is 9.10. The van der Waals surface area contributed by atoms with Gasteiger partial charge in [0.15, 0.2) is 0 Å². The number of aryl methyl sites for hydroxylation is 1. The van der Waals surface area contributed by atoms with Crippen LogP contribution in [0.25, 0.3) is 11.1 Å². The molecule has 1 aromatic heterocycles. The number of aromatic nitrogens is 2. The number of benzene rings is 2. The summed E-state index contributed by atoms with van der Waals surface area (Å²) in [5.74, 6) is -1.11. The van der Waals surface area contributed by atoms with Crippen molar-refractivity contribution < 1.29 is 27.9 Å². The Kier molecular flexibility index (Phi) is 13.0. The van der Waals surface area contributed by atoms with Gasteiger partial charge in [0.2, 0.25) is 0 Å². The van der Waals surface area contributed by atoms with Crippen molar-refractivity contribution in [1.29, 1.82) is 0 Å². The molecule has 0 spiro atoms. The Hall–Kier alpha value is -3.84. The zero-order valence-corrected chi connectivity index (χ0v) is 28.1. The molecule has 13 heteroatoms. The molecule has 45 heavy (non-hydrogen) atoms. The monoisotopic (exact) mass is 657 g/mol. The number of carboxylic acid groups (broad SMARTS) is 1. The Balaban J connectivity index is 1.97. The van der Waals surface area contributed by atoms with Gasteiger partial charge < -0.3 is 20.3 Å². The minimum Gasteiger partial charge on any atom is -0.480 e. The molecule has 0 saturated carbocycles. The van der Waals surface area contributed by atoms with Crippen LogP contribution in [-0.2, 0) is 27.8 Å². The molecule has 3 aromatic rings. The zero-order valence-electron chi connectivity index (χ0n) is 26.4. The second-order valence-corrected chi connectivity index (χ2v) is 13.3. The van der Waals surface area contributed by atoms with Gasteiger partial charge in [-0.05, 0) is 42.2 Å². The Bertz CT molecular complexity index is 1590. The first kappa shape index (κ1) is 35.6. The molecule has 0 fully saturated rings. The molecule has 2 atom stereocenters. The van der Waals surface area contributed by atoms with Crippen LogP contribution in [0.2, 0.25) is 0 Å². The number of urea groups is 1. The van der Waals surface area contributed by atoms with Gasteiger partial charge in [-0.15, -0.1) is 11.8 Å². The fraction of sp³-hybridized carbons (Fsp3) is 0.438. The highest BCUT2D eigenvalue weighted by Gasteiger charge is 2.30. The lowest BCUT2D eigenvalue weighted by atomic mass is 9.99. The minimum atomic E-state index is -4.14. The summed E-state index contributed by atoms with van der Waals surface area (Å²) in [5, 5.41) is 15.5. The van der Waals surface area contributed by atoms with Crippen LogP contribution < -0.4 is 15.4 Å². The molecule has 0 bridgehead atoms. The minimum absolute atomic E-state index is 0.0290. The van der Waals surface area contributed by atoms with Crippen molar-refractivity contribution >= 4 is 39.7 Å². The molecule has 3 amide bonds. The van der Waals surface area contributed by atoms with Crippen molar-refractivity contribution in [3.63, 3.8) is 0 Å². The molecule has 0 saturated heterocycles. The molecule has 11 nitrogen and oxygen atoms in total. The molecule has 0 aliphatic heterocycles. The van der Waals surface area contributed by atoms with Crippen molar-refractivity contribution in [2.45, 2.75) is 82.3 Å². The number of sulfonamides is 1. The SMILES string of the molecule is CCCCc1nc(SC)c(C(=O)N[C@H](C(=O)O)[C@@H](C)CC)n1Cc1ccc(-c2ccccc2S(=O)(=O)NC(=O)NCCC)cc1. The zero-order chi connectivity index (χ0) is 33.1. The summed E-state index contributed by atoms with van der Waals surface area (Å²) >= 11 is 1.33. The predicted octanol–water partition coefficient (Wildman–Crippen LogP) is 5.29. The summed E-state index contributed by atoms with van der Waals surface area (Å²) in [6.07, 6.45) is 5.54. The molecular weight excluding hydrogens is 615 g/mol. The fourth-order valence-electron chi connectivity index (χ4n) is 4.79. The van der Waals surface area contributed by atoms with Crippen LogP contribution in [-0.4, -0.2) is 59.8 Å². The van der Waals surface area contributed by atoms with Gasteiger partial charge in [0.05, 0.1) is 4.90 Å². The standard InChI is InChI=1S/C32H43N5O6S2/c1-6-9-14-26-34-30(44-5)28(29(38)35-27(31(39)40)21(4)8-3)37(26)20-22-15-17-23(18-16-22)24-12-10-11-13-25(24)45(42,43)36-32(41)33-19-7-2/h10-13,15-18,21,27H,6-9,14,19-20H2,1-5H3,(H,35,38)(H,39,40)(H2,33,36,41)/t21-,27-/m0/s1. The molecule has 3 rings (SSSR count). The van der Waals surface area contributed by atoms with E-state index in [4.69, 9.17) is 4.98 Å². The third-order valence-corrected chi connectivity index (χ3v) is 9.55. The Labute approximate surface area is 269 Å². The summed E-state index contributed by atoms with van der Waals surface area (Å²) in [4.78, 5) is 42.4. The van der Waals surface area contributed by atoms with Gasteiger partial charge in [-0.3, -0.25) is 4.79 Å². The average molecular weight is 658 g/mol. The highest BCUT2D eigenvalue weighted by atomic mass is 32.2. The molecule has 1 heterocycles. The van der Waals surface area contributed by atoms with Crippen molar-refractivity contribution in [1.82, 2.24) is 24.9 Å². The number of unbranched alkanes of at least 4 members (excludes halogenated alkanes) is 1. The van der Waals surface area contributed by atoms with Crippen LogP contribution in [0, 0.1) is 5.92 Å². The van der Waals surface area contributed by atoms with E-state index in [-0.39, 0.29) is 10.8 Å². The number of rotatable bonds is 16. The maximum absolute atomic E-state index is 13.6. The van der Waals surface area contributed by atoms with E-state index in [9.17, 15) is 27.9 Å². The second kappa shape index (κ2) is 16.5. The van der Waals surface area contributed by atoms with E-state index in [0.29, 0.717) is 54.2 Å². The van der Waals surface area contributed by atoms with Gasteiger partial charge >= 0.3 is 12.0 Å². The fourth-order valence-corrected chi connectivity index (χ4v) is 6.54. The smallest absolute Gasteiger partial charge is 0.328 e. The van der Waals surface area contributed by atoms with Gasteiger partial charge in [-0.2, -0.15) is 0 Å². The first-order valence-electron chi connectivity index (χ1n) is 15.1. The number of aliphatic carboxylic acids is 1. The summed E-state index contributed by atoms with van der Waals surface area (Å²) in [6, 6.07) is 11.9. The summed E-state index contributed by atoms with van der Waals surface area (Å²) in [5.41, 5.74) is 2.22. The van der Waals surface area contributed by atoms with Gasteiger partial charge in [0.25, 0.3) is 15.9 Å². The number of imidazole rings is 1. The van der Waals surface area contributed by atoms with Crippen molar-refractivity contribution in [2.75, 3.05) is 12.8 Å². The van der Waals surface area contributed by atoms with E-state index in [2.05, 4.69) is 22.3 Å². The van der Waals surface area contributed by atoms with Crippen molar-refractivity contribution in [3.8, 4) is 11.1 Å². The lowest BCUT2D eigenvalue weighted by Crippen LogP contribution is -2.45. The molecule has 0 aliphatic rings. The Morgan fingerprint density at radius 3 is 2.31 bits per heavy atom. The molecule has 0 radical (unpaired) electrons. The first-order chi connectivity index (χ1) is 21.5. The molecule has 4 N–H and O–H groups in total. The number of nitrogens with zero attached hydrogens (tertiary/aromatic N) is 2. The number of thioether (sulfide) groups is 1. The van der Waals surface area contributed by atoms with E-state index in [1.807, 2.05) is 36.8 Å². The lowest BCUT2D eigenvalue weighted by molar-refractivity contribution is -0.140. The van der Waals surface area contributed by atoms with E-state index < -0.39 is 34.0 Å². The molecular formula is C32H43N5O6S2. The Morgan fingerprint density at radius 2 is 1.71 bits per heavy atom. The van der Waals surface area contributed by atoms with Gasteiger partial charge in [0.1, 0.15) is 22.6 Å². The highest BCUT2D eigenvalue weighted by molar-refractivity contribution is 7.98. The number of carbonyl (C=O) groups is 3. The molecule has 2 aromatic carbocycles. The number of amides is 3. The number of hydrogen-bond donors (Lipinski definition) is 4. The maximum Gasteiger partial charge on any atom is 0.328 e. The van der Waals surface area contributed by atoms with E-state index >= 15 is 0 Å². The van der Waals surface area contributed by atoms with Crippen LogP contribution in [0.5, 0.6) is 0 Å². The van der Waals surface area contributed by atoms with Crippen LogP contribution in [0.15, 0.2) is 58.5 Å². The van der Waals surface area contributed by atoms with E-state index in [1.54, 1.807) is 37.3 Å². The van der Waals surface area contributed by atoms with Gasteiger partial charge in [-0.25, -0.2) is 27.7 Å². The van der Waals surface area contributed by atoms with Gasteiger partial charge in [-0.1, -0.05) is 83.0 Å².